The van der Waals surface area contributed by atoms with E-state index in [4.69, 9.17) is 22.1 Å². The van der Waals surface area contributed by atoms with Crippen LogP contribution < -0.4 is 10.5 Å². The number of nitrogens with two attached hydrogens (primary N) is 1. The van der Waals surface area contributed by atoms with Crippen molar-refractivity contribution in [3.8, 4) is 11.5 Å². The predicted molar refractivity (Wildman–Crippen MR) is 64.4 cm³/mol. The number of rotatable bonds is 3. The van der Waals surface area contributed by atoms with Gasteiger partial charge < -0.3 is 15.6 Å². The first-order valence-electron chi connectivity index (χ1n) is 5.32. The summed E-state index contributed by atoms with van der Waals surface area (Å²) in [6.45, 7) is 2.53. The molecule has 88 valence electrons. The van der Waals surface area contributed by atoms with E-state index in [9.17, 15) is 5.11 Å². The van der Waals surface area contributed by atoms with Gasteiger partial charge >= 0.3 is 0 Å². The van der Waals surface area contributed by atoms with E-state index in [1.165, 1.54) is 7.11 Å². The van der Waals surface area contributed by atoms with Crippen molar-refractivity contribution >= 4 is 11.6 Å². The summed E-state index contributed by atoms with van der Waals surface area (Å²) in [5, 5.41) is 10.2. The van der Waals surface area contributed by atoms with E-state index in [2.05, 4.69) is 0 Å². The molecule has 0 spiro atoms. The van der Waals surface area contributed by atoms with E-state index < -0.39 is 0 Å². The van der Waals surface area contributed by atoms with Crippen LogP contribution in [0.3, 0.4) is 0 Å². The Bertz CT molecular complexity index is 428. The van der Waals surface area contributed by atoms with Crippen LogP contribution in [0.2, 0.25) is 5.02 Å². The van der Waals surface area contributed by atoms with Gasteiger partial charge in [-0.2, -0.15) is 0 Å². The Morgan fingerprint density at radius 1 is 1.56 bits per heavy atom. The van der Waals surface area contributed by atoms with Crippen LogP contribution in [0.5, 0.6) is 11.5 Å². The van der Waals surface area contributed by atoms with Crippen LogP contribution in [0.1, 0.15) is 24.0 Å². The van der Waals surface area contributed by atoms with Crippen LogP contribution >= 0.6 is 11.6 Å². The van der Waals surface area contributed by atoms with Gasteiger partial charge in [-0.05, 0) is 37.0 Å². The molecule has 0 radical (unpaired) electrons. The molecule has 1 saturated carbocycles. The molecule has 0 aliphatic heterocycles. The van der Waals surface area contributed by atoms with Crippen molar-refractivity contribution in [2.75, 3.05) is 13.7 Å². The topological polar surface area (TPSA) is 55.5 Å². The Labute approximate surface area is 100 Å². The summed E-state index contributed by atoms with van der Waals surface area (Å²) in [4.78, 5) is 0. The molecule has 2 rings (SSSR count). The van der Waals surface area contributed by atoms with Gasteiger partial charge in [-0.3, -0.25) is 0 Å². The van der Waals surface area contributed by atoms with E-state index in [0.717, 1.165) is 24.0 Å². The van der Waals surface area contributed by atoms with Crippen molar-refractivity contribution in [1.29, 1.82) is 0 Å². The molecule has 4 heteroatoms. The summed E-state index contributed by atoms with van der Waals surface area (Å²) in [6, 6.07) is 1.69. The summed E-state index contributed by atoms with van der Waals surface area (Å²) in [5.74, 6) is 0.434. The van der Waals surface area contributed by atoms with Crippen LogP contribution in [0, 0.1) is 6.92 Å². The number of aromatic hydroxyl groups is 1. The monoisotopic (exact) mass is 241 g/mol. The number of halogens is 1. The van der Waals surface area contributed by atoms with Crippen molar-refractivity contribution in [1.82, 2.24) is 0 Å². The fourth-order valence-corrected chi connectivity index (χ4v) is 2.82. The third-order valence-electron chi connectivity index (χ3n) is 3.38. The molecular weight excluding hydrogens is 226 g/mol. The van der Waals surface area contributed by atoms with Crippen LogP contribution in [0.15, 0.2) is 6.07 Å². The van der Waals surface area contributed by atoms with E-state index in [-0.39, 0.29) is 11.2 Å². The zero-order valence-electron chi connectivity index (χ0n) is 9.51. The first kappa shape index (κ1) is 11.6. The minimum Gasteiger partial charge on any atom is -0.504 e. The Morgan fingerprint density at radius 2 is 2.19 bits per heavy atom. The van der Waals surface area contributed by atoms with Crippen molar-refractivity contribution in [2.45, 2.75) is 25.2 Å². The molecular formula is C12H16ClNO2. The maximum Gasteiger partial charge on any atom is 0.179 e. The van der Waals surface area contributed by atoms with Gasteiger partial charge in [0.05, 0.1) is 12.1 Å². The molecule has 0 amide bonds. The normalized spacial score (nSPS) is 17.2. The number of ether oxygens (including phenoxy) is 1. The third kappa shape index (κ3) is 1.55. The molecule has 0 bridgehead atoms. The van der Waals surface area contributed by atoms with Crippen LogP contribution in [0.25, 0.3) is 0 Å². The van der Waals surface area contributed by atoms with Crippen LogP contribution in [-0.4, -0.2) is 18.8 Å². The molecule has 0 aromatic heterocycles. The molecule has 3 N–H and O–H groups in total. The average Bonchev–Trinajstić information content (AvgIpc) is 2.98. The fraction of sp³-hybridized carbons (Fsp3) is 0.500. The second kappa shape index (κ2) is 3.82. The second-order valence-corrected chi connectivity index (χ2v) is 4.80. The van der Waals surface area contributed by atoms with Gasteiger partial charge in [0.25, 0.3) is 0 Å². The lowest BCUT2D eigenvalue weighted by Gasteiger charge is -2.20. The van der Waals surface area contributed by atoms with E-state index >= 15 is 0 Å². The maximum atomic E-state index is 9.71. The molecule has 1 aliphatic carbocycles. The van der Waals surface area contributed by atoms with Gasteiger partial charge in [0, 0.05) is 12.0 Å². The number of phenolic OH excluding ortho intramolecular Hbond substituents is 1. The maximum absolute atomic E-state index is 9.71. The lowest BCUT2D eigenvalue weighted by atomic mass is 9.91. The van der Waals surface area contributed by atoms with Gasteiger partial charge in [0.1, 0.15) is 0 Å². The average molecular weight is 242 g/mol. The van der Waals surface area contributed by atoms with Crippen LogP contribution in [0.4, 0.5) is 0 Å². The predicted octanol–water partition coefficient (Wildman–Crippen LogP) is 2.35. The Morgan fingerprint density at radius 3 is 2.62 bits per heavy atom. The quantitative estimate of drug-likeness (QED) is 0.854. The number of hydrogen-bond acceptors (Lipinski definition) is 3. The molecule has 0 unspecified atom stereocenters. The summed E-state index contributed by atoms with van der Waals surface area (Å²) < 4.78 is 5.12. The van der Waals surface area contributed by atoms with Crippen molar-refractivity contribution in [2.24, 2.45) is 5.73 Å². The highest BCUT2D eigenvalue weighted by atomic mass is 35.5. The number of hydrogen-bond donors (Lipinski definition) is 2. The van der Waals surface area contributed by atoms with Crippen molar-refractivity contribution in [3.05, 3.63) is 22.2 Å². The SMILES string of the molecule is COc1c(O)cc(C)c(C2(CN)CC2)c1Cl. The zero-order valence-corrected chi connectivity index (χ0v) is 10.3. The van der Waals surface area contributed by atoms with Crippen molar-refractivity contribution < 1.29 is 9.84 Å². The van der Waals surface area contributed by atoms with E-state index in [0.29, 0.717) is 17.3 Å². The Kier molecular flexibility index (Phi) is 2.76. The zero-order chi connectivity index (χ0) is 11.9. The highest BCUT2D eigenvalue weighted by Gasteiger charge is 2.46. The van der Waals surface area contributed by atoms with Crippen LogP contribution in [-0.2, 0) is 5.41 Å². The molecule has 1 fully saturated rings. The lowest BCUT2D eigenvalue weighted by Crippen LogP contribution is -2.21. The van der Waals surface area contributed by atoms with Crippen molar-refractivity contribution in [3.63, 3.8) is 0 Å². The summed E-state index contributed by atoms with van der Waals surface area (Å²) in [5.41, 5.74) is 7.82. The molecule has 0 heterocycles. The first-order valence-corrected chi connectivity index (χ1v) is 5.70. The lowest BCUT2D eigenvalue weighted by molar-refractivity contribution is 0.372. The van der Waals surface area contributed by atoms with Gasteiger partial charge in [0.2, 0.25) is 0 Å². The third-order valence-corrected chi connectivity index (χ3v) is 3.74. The highest BCUT2D eigenvalue weighted by Crippen LogP contribution is 2.54. The van der Waals surface area contributed by atoms with E-state index in [1.807, 2.05) is 6.92 Å². The van der Waals surface area contributed by atoms with Gasteiger partial charge in [-0.1, -0.05) is 11.6 Å². The Hall–Kier alpha value is -0.930. The largest absolute Gasteiger partial charge is 0.504 e. The fourth-order valence-electron chi connectivity index (χ4n) is 2.29. The molecule has 1 aromatic rings. The van der Waals surface area contributed by atoms with Gasteiger partial charge in [0.15, 0.2) is 11.5 Å². The molecule has 16 heavy (non-hydrogen) atoms. The van der Waals surface area contributed by atoms with E-state index in [1.54, 1.807) is 6.07 Å². The number of phenols is 1. The molecule has 0 atom stereocenters. The summed E-state index contributed by atoms with van der Waals surface area (Å²) in [7, 11) is 1.50. The molecule has 3 nitrogen and oxygen atoms in total. The minimum atomic E-state index is 0.00213. The highest BCUT2D eigenvalue weighted by molar-refractivity contribution is 6.33. The standard InChI is InChI=1S/C12H16ClNO2/c1-7-5-8(15)11(16-2)10(13)9(7)12(6-14)3-4-12/h5,15H,3-4,6,14H2,1-2H3. The van der Waals surface area contributed by atoms with Gasteiger partial charge in [-0.15, -0.1) is 0 Å². The second-order valence-electron chi connectivity index (χ2n) is 4.42. The summed E-state index contributed by atoms with van der Waals surface area (Å²) in [6.07, 6.45) is 2.11. The number of aryl methyl sites for hydroxylation is 1. The minimum absolute atomic E-state index is 0.00213. The summed E-state index contributed by atoms with van der Waals surface area (Å²) >= 11 is 6.28. The Balaban J connectivity index is 2.61. The number of methoxy groups -OCH3 is 1. The molecule has 1 aromatic carbocycles. The number of benzene rings is 1. The molecule has 1 aliphatic rings. The van der Waals surface area contributed by atoms with Gasteiger partial charge in [-0.25, -0.2) is 0 Å². The smallest absolute Gasteiger partial charge is 0.179 e. The first-order chi connectivity index (χ1) is 7.55. The molecule has 0 saturated heterocycles.